The van der Waals surface area contributed by atoms with Crippen molar-refractivity contribution in [2.24, 2.45) is 17.6 Å². The van der Waals surface area contributed by atoms with Gasteiger partial charge in [0.15, 0.2) is 0 Å². The molecule has 0 aromatic rings. The molecule has 1 aliphatic heterocycles. The normalized spacial score (nSPS) is 21.2. The Labute approximate surface area is 111 Å². The first-order valence-corrected chi connectivity index (χ1v) is 7.20. The molecule has 0 radical (unpaired) electrons. The van der Waals surface area contributed by atoms with Crippen LogP contribution in [0.2, 0.25) is 0 Å². The third kappa shape index (κ3) is 6.36. The minimum atomic E-state index is 0.129. The lowest BCUT2D eigenvalue weighted by molar-refractivity contribution is -0.122. The van der Waals surface area contributed by atoms with Gasteiger partial charge in [-0.1, -0.05) is 13.8 Å². The van der Waals surface area contributed by atoms with Gasteiger partial charge in [0.2, 0.25) is 5.91 Å². The van der Waals surface area contributed by atoms with Crippen molar-refractivity contribution in [2.45, 2.75) is 52.1 Å². The average molecular weight is 256 g/mol. The molecule has 1 fully saturated rings. The molecular formula is C14H28N2O2. The van der Waals surface area contributed by atoms with E-state index in [2.05, 4.69) is 19.2 Å². The quantitative estimate of drug-likeness (QED) is 0.694. The molecular weight excluding hydrogens is 228 g/mol. The monoisotopic (exact) mass is 256 g/mol. The molecule has 0 saturated carbocycles. The van der Waals surface area contributed by atoms with Crippen molar-refractivity contribution in [3.63, 3.8) is 0 Å². The molecule has 1 rings (SSSR count). The summed E-state index contributed by atoms with van der Waals surface area (Å²) in [4.78, 5) is 11.8. The Kier molecular flexibility index (Phi) is 7.28. The minimum Gasteiger partial charge on any atom is -0.378 e. The van der Waals surface area contributed by atoms with Crippen LogP contribution in [0.3, 0.4) is 0 Å². The van der Waals surface area contributed by atoms with E-state index < -0.39 is 0 Å². The van der Waals surface area contributed by atoms with Crippen LogP contribution in [-0.4, -0.2) is 31.7 Å². The van der Waals surface area contributed by atoms with E-state index in [9.17, 15) is 4.79 Å². The molecule has 1 heterocycles. The van der Waals surface area contributed by atoms with Gasteiger partial charge in [0.25, 0.3) is 0 Å². The van der Waals surface area contributed by atoms with Crippen LogP contribution in [-0.2, 0) is 9.53 Å². The lowest BCUT2D eigenvalue weighted by atomic mass is 9.94. The third-order valence-corrected chi connectivity index (χ3v) is 3.42. The van der Waals surface area contributed by atoms with E-state index in [1.54, 1.807) is 0 Å². The Hall–Kier alpha value is -0.610. The summed E-state index contributed by atoms with van der Waals surface area (Å²) < 4.78 is 5.52. The molecule has 106 valence electrons. The Morgan fingerprint density at radius 3 is 2.83 bits per heavy atom. The van der Waals surface area contributed by atoms with E-state index in [-0.39, 0.29) is 5.91 Å². The van der Waals surface area contributed by atoms with Gasteiger partial charge in [-0.15, -0.1) is 0 Å². The molecule has 3 N–H and O–H groups in total. The van der Waals surface area contributed by atoms with Gasteiger partial charge in [-0.2, -0.15) is 0 Å². The maximum Gasteiger partial charge on any atom is 0.220 e. The molecule has 0 spiro atoms. The predicted octanol–water partition coefficient (Wildman–Crippen LogP) is 1.68. The van der Waals surface area contributed by atoms with Gasteiger partial charge >= 0.3 is 0 Å². The molecule has 0 bridgehead atoms. The van der Waals surface area contributed by atoms with Crippen molar-refractivity contribution < 1.29 is 9.53 Å². The zero-order valence-corrected chi connectivity index (χ0v) is 11.8. The number of rotatable bonds is 8. The van der Waals surface area contributed by atoms with Crippen LogP contribution in [0.15, 0.2) is 0 Å². The maximum atomic E-state index is 11.8. The highest BCUT2D eigenvalue weighted by molar-refractivity contribution is 5.76. The Morgan fingerprint density at radius 1 is 1.50 bits per heavy atom. The highest BCUT2D eigenvalue weighted by Crippen LogP contribution is 2.15. The van der Waals surface area contributed by atoms with Gasteiger partial charge in [-0.25, -0.2) is 0 Å². The first kappa shape index (κ1) is 15.4. The molecule has 0 aromatic carbocycles. The standard InChI is InChI=1S/C14H28N2O2/c1-11(2)8-12(10-15)9-14(17)16-6-5-13-4-3-7-18-13/h11-13H,3-10,15H2,1-2H3,(H,16,17). The Morgan fingerprint density at radius 2 is 2.28 bits per heavy atom. The summed E-state index contributed by atoms with van der Waals surface area (Å²) in [6.45, 7) is 6.53. The summed E-state index contributed by atoms with van der Waals surface area (Å²) in [7, 11) is 0. The van der Waals surface area contributed by atoms with Gasteiger partial charge in [0, 0.05) is 19.6 Å². The number of hydrogen-bond donors (Lipinski definition) is 2. The maximum absolute atomic E-state index is 11.8. The van der Waals surface area contributed by atoms with E-state index >= 15 is 0 Å². The fourth-order valence-electron chi connectivity index (χ4n) is 2.51. The van der Waals surface area contributed by atoms with Crippen LogP contribution in [0.5, 0.6) is 0 Å². The summed E-state index contributed by atoms with van der Waals surface area (Å²) in [5.74, 6) is 1.04. The zero-order valence-electron chi connectivity index (χ0n) is 11.8. The van der Waals surface area contributed by atoms with Gasteiger partial charge < -0.3 is 15.8 Å². The van der Waals surface area contributed by atoms with Crippen LogP contribution in [0.25, 0.3) is 0 Å². The zero-order chi connectivity index (χ0) is 13.4. The number of hydrogen-bond acceptors (Lipinski definition) is 3. The molecule has 4 heteroatoms. The Balaban J connectivity index is 2.11. The molecule has 1 aliphatic rings. The smallest absolute Gasteiger partial charge is 0.220 e. The van der Waals surface area contributed by atoms with Crippen LogP contribution in [0, 0.1) is 11.8 Å². The fraction of sp³-hybridized carbons (Fsp3) is 0.929. The predicted molar refractivity (Wildman–Crippen MR) is 73.2 cm³/mol. The van der Waals surface area contributed by atoms with Crippen molar-refractivity contribution in [2.75, 3.05) is 19.7 Å². The molecule has 4 nitrogen and oxygen atoms in total. The number of ether oxygens (including phenoxy) is 1. The molecule has 1 amide bonds. The van der Waals surface area contributed by atoms with E-state index in [4.69, 9.17) is 10.5 Å². The fourth-order valence-corrected chi connectivity index (χ4v) is 2.51. The summed E-state index contributed by atoms with van der Waals surface area (Å²) in [5.41, 5.74) is 5.70. The van der Waals surface area contributed by atoms with Crippen molar-refractivity contribution in [3.8, 4) is 0 Å². The van der Waals surface area contributed by atoms with Crippen LogP contribution >= 0.6 is 0 Å². The lowest BCUT2D eigenvalue weighted by Gasteiger charge is -2.17. The van der Waals surface area contributed by atoms with Gasteiger partial charge in [-0.05, 0) is 44.1 Å². The van der Waals surface area contributed by atoms with E-state index in [0.717, 1.165) is 38.8 Å². The van der Waals surface area contributed by atoms with Gasteiger partial charge in [-0.3, -0.25) is 4.79 Å². The SMILES string of the molecule is CC(C)CC(CN)CC(=O)NCCC1CCCO1. The van der Waals surface area contributed by atoms with E-state index in [0.29, 0.717) is 30.9 Å². The van der Waals surface area contributed by atoms with Gasteiger partial charge in [0.1, 0.15) is 0 Å². The molecule has 2 unspecified atom stereocenters. The van der Waals surface area contributed by atoms with Crippen molar-refractivity contribution in [1.82, 2.24) is 5.32 Å². The third-order valence-electron chi connectivity index (χ3n) is 3.42. The van der Waals surface area contributed by atoms with E-state index in [1.807, 2.05) is 0 Å². The number of amides is 1. The molecule has 18 heavy (non-hydrogen) atoms. The Bertz CT molecular complexity index is 238. The van der Waals surface area contributed by atoms with Crippen LogP contribution < -0.4 is 11.1 Å². The number of nitrogens with two attached hydrogens (primary N) is 1. The van der Waals surface area contributed by atoms with Crippen molar-refractivity contribution in [3.05, 3.63) is 0 Å². The second-order valence-electron chi connectivity index (χ2n) is 5.71. The topological polar surface area (TPSA) is 64.4 Å². The molecule has 2 atom stereocenters. The van der Waals surface area contributed by atoms with Crippen molar-refractivity contribution >= 4 is 5.91 Å². The molecule has 1 saturated heterocycles. The van der Waals surface area contributed by atoms with Crippen LogP contribution in [0.1, 0.15) is 46.0 Å². The summed E-state index contributed by atoms with van der Waals surface area (Å²) in [6.07, 6.45) is 5.15. The van der Waals surface area contributed by atoms with E-state index in [1.165, 1.54) is 0 Å². The first-order chi connectivity index (χ1) is 8.61. The largest absolute Gasteiger partial charge is 0.378 e. The second kappa shape index (κ2) is 8.48. The summed E-state index contributed by atoms with van der Waals surface area (Å²) >= 11 is 0. The van der Waals surface area contributed by atoms with Gasteiger partial charge in [0.05, 0.1) is 6.10 Å². The first-order valence-electron chi connectivity index (χ1n) is 7.20. The highest BCUT2D eigenvalue weighted by Gasteiger charge is 2.16. The average Bonchev–Trinajstić information content (AvgIpc) is 2.80. The highest BCUT2D eigenvalue weighted by atomic mass is 16.5. The second-order valence-corrected chi connectivity index (χ2v) is 5.71. The summed E-state index contributed by atoms with van der Waals surface area (Å²) in [5, 5.41) is 2.97. The minimum absolute atomic E-state index is 0.129. The summed E-state index contributed by atoms with van der Waals surface area (Å²) in [6, 6.07) is 0. The molecule has 0 aliphatic carbocycles. The molecule has 0 aromatic heterocycles. The van der Waals surface area contributed by atoms with Crippen LogP contribution in [0.4, 0.5) is 0 Å². The van der Waals surface area contributed by atoms with Crippen molar-refractivity contribution in [1.29, 1.82) is 0 Å². The lowest BCUT2D eigenvalue weighted by Crippen LogP contribution is -2.30. The number of nitrogens with one attached hydrogen (secondary N) is 1. The number of carbonyl (C=O) groups excluding carboxylic acids is 1. The number of carbonyl (C=O) groups is 1.